The van der Waals surface area contributed by atoms with Gasteiger partial charge in [0.15, 0.2) is 6.61 Å². The standard InChI is InChI=1S/C17H11ClN4O7/c18-11-3-1-10(2-4-11)14-8-16(29-9-17(23)24)19-20(14)13-6-5-12(21(25)26)7-15(13)22(27)28/h1-8H,9H2,(H,23,24). The Balaban J connectivity index is 2.19. The third-order valence-corrected chi connectivity index (χ3v) is 4.02. The zero-order valence-electron chi connectivity index (χ0n) is 14.4. The number of carboxylic acids is 1. The van der Waals surface area contributed by atoms with Crippen molar-refractivity contribution >= 4 is 28.9 Å². The SMILES string of the molecule is O=C(O)COc1cc(-c2ccc(Cl)cc2)n(-c2ccc([N+](=O)[O-])cc2[N+](=O)[O-])n1. The van der Waals surface area contributed by atoms with Gasteiger partial charge in [-0.2, -0.15) is 0 Å². The maximum absolute atomic E-state index is 11.5. The van der Waals surface area contributed by atoms with Gasteiger partial charge < -0.3 is 9.84 Å². The van der Waals surface area contributed by atoms with Crippen molar-refractivity contribution in [1.29, 1.82) is 0 Å². The average Bonchev–Trinajstić information content (AvgIpc) is 3.10. The highest BCUT2D eigenvalue weighted by atomic mass is 35.5. The van der Waals surface area contributed by atoms with Crippen molar-refractivity contribution in [1.82, 2.24) is 9.78 Å². The second-order valence-corrected chi connectivity index (χ2v) is 6.09. The van der Waals surface area contributed by atoms with Crippen molar-refractivity contribution in [3.8, 4) is 22.8 Å². The zero-order valence-corrected chi connectivity index (χ0v) is 15.1. The molecular weight excluding hydrogens is 408 g/mol. The van der Waals surface area contributed by atoms with Crippen molar-refractivity contribution in [3.05, 3.63) is 73.8 Å². The lowest BCUT2D eigenvalue weighted by Crippen LogP contribution is -2.10. The van der Waals surface area contributed by atoms with Crippen LogP contribution < -0.4 is 4.74 Å². The maximum Gasteiger partial charge on any atom is 0.341 e. The molecule has 1 aromatic heterocycles. The molecule has 148 valence electrons. The van der Waals surface area contributed by atoms with Gasteiger partial charge >= 0.3 is 11.7 Å². The molecule has 0 atom stereocenters. The zero-order chi connectivity index (χ0) is 21.1. The quantitative estimate of drug-likeness (QED) is 0.452. The highest BCUT2D eigenvalue weighted by Gasteiger charge is 2.24. The number of hydrogen-bond acceptors (Lipinski definition) is 7. The second-order valence-electron chi connectivity index (χ2n) is 5.66. The fourth-order valence-electron chi connectivity index (χ4n) is 2.53. The number of rotatable bonds is 7. The first-order valence-electron chi connectivity index (χ1n) is 7.90. The highest BCUT2D eigenvalue weighted by molar-refractivity contribution is 6.30. The fourth-order valence-corrected chi connectivity index (χ4v) is 2.65. The van der Waals surface area contributed by atoms with Crippen LogP contribution in [-0.4, -0.2) is 37.3 Å². The van der Waals surface area contributed by atoms with Gasteiger partial charge in [0.2, 0.25) is 5.88 Å². The van der Waals surface area contributed by atoms with Crippen LogP contribution in [0.2, 0.25) is 5.02 Å². The monoisotopic (exact) mass is 418 g/mol. The van der Waals surface area contributed by atoms with Crippen LogP contribution in [0, 0.1) is 20.2 Å². The molecule has 0 fully saturated rings. The first kappa shape index (κ1) is 19.8. The molecule has 0 unspecified atom stereocenters. The average molecular weight is 419 g/mol. The molecule has 0 aliphatic heterocycles. The summed E-state index contributed by atoms with van der Waals surface area (Å²) in [4.78, 5) is 31.7. The van der Waals surface area contributed by atoms with Gasteiger partial charge in [0.1, 0.15) is 5.69 Å². The largest absolute Gasteiger partial charge is 0.479 e. The van der Waals surface area contributed by atoms with E-state index in [1.807, 2.05) is 0 Å². The molecule has 29 heavy (non-hydrogen) atoms. The Kier molecular flexibility index (Phi) is 5.41. The van der Waals surface area contributed by atoms with Crippen molar-refractivity contribution in [2.75, 3.05) is 6.61 Å². The molecule has 0 radical (unpaired) electrons. The summed E-state index contributed by atoms with van der Waals surface area (Å²) in [6.07, 6.45) is 0. The van der Waals surface area contributed by atoms with Crippen LogP contribution in [0.15, 0.2) is 48.5 Å². The van der Waals surface area contributed by atoms with Crippen LogP contribution in [0.5, 0.6) is 5.88 Å². The van der Waals surface area contributed by atoms with E-state index >= 15 is 0 Å². The van der Waals surface area contributed by atoms with Gasteiger partial charge in [-0.1, -0.05) is 23.7 Å². The number of non-ortho nitro benzene ring substituents is 1. The third-order valence-electron chi connectivity index (χ3n) is 3.77. The topological polar surface area (TPSA) is 151 Å². The molecule has 12 heteroatoms. The lowest BCUT2D eigenvalue weighted by atomic mass is 10.1. The number of aliphatic carboxylic acids is 1. The summed E-state index contributed by atoms with van der Waals surface area (Å²) in [5.74, 6) is -1.32. The molecule has 0 spiro atoms. The van der Waals surface area contributed by atoms with Gasteiger partial charge in [0.25, 0.3) is 5.69 Å². The number of nitrogens with zero attached hydrogens (tertiary/aromatic N) is 4. The Bertz CT molecular complexity index is 1110. The lowest BCUT2D eigenvalue weighted by Gasteiger charge is -2.08. The minimum Gasteiger partial charge on any atom is -0.479 e. The lowest BCUT2D eigenvalue weighted by molar-refractivity contribution is -0.394. The molecule has 3 aromatic rings. The van der Waals surface area contributed by atoms with E-state index in [1.165, 1.54) is 12.1 Å². The van der Waals surface area contributed by atoms with Crippen LogP contribution in [0.4, 0.5) is 11.4 Å². The molecule has 1 heterocycles. The number of carbonyl (C=O) groups is 1. The summed E-state index contributed by atoms with van der Waals surface area (Å²) in [5.41, 5.74) is -0.181. The summed E-state index contributed by atoms with van der Waals surface area (Å²) < 4.78 is 6.24. The predicted octanol–water partition coefficient (Wildman–Crippen LogP) is 3.47. The van der Waals surface area contributed by atoms with E-state index in [9.17, 15) is 25.0 Å². The molecule has 0 aliphatic carbocycles. The van der Waals surface area contributed by atoms with Gasteiger partial charge in [0.05, 0.1) is 21.6 Å². The third kappa shape index (κ3) is 4.30. The molecule has 0 saturated carbocycles. The molecule has 2 aromatic carbocycles. The number of halogens is 1. The first-order chi connectivity index (χ1) is 13.8. The first-order valence-corrected chi connectivity index (χ1v) is 8.28. The summed E-state index contributed by atoms with van der Waals surface area (Å²) >= 11 is 5.89. The van der Waals surface area contributed by atoms with Crippen LogP contribution in [0.3, 0.4) is 0 Å². The van der Waals surface area contributed by atoms with Crippen LogP contribution in [0.25, 0.3) is 16.9 Å². The van der Waals surface area contributed by atoms with Gasteiger partial charge in [-0.15, -0.1) is 5.10 Å². The number of nitro benzene ring substituents is 2. The Morgan fingerprint density at radius 3 is 2.38 bits per heavy atom. The Morgan fingerprint density at radius 2 is 1.79 bits per heavy atom. The molecular formula is C17H11ClN4O7. The summed E-state index contributed by atoms with van der Waals surface area (Å²) in [6.45, 7) is -0.667. The number of hydrogen-bond donors (Lipinski definition) is 1. The number of ether oxygens (including phenoxy) is 1. The predicted molar refractivity (Wildman–Crippen MR) is 100 cm³/mol. The van der Waals surface area contributed by atoms with Gasteiger partial charge in [-0.3, -0.25) is 20.2 Å². The fraction of sp³-hybridized carbons (Fsp3) is 0.0588. The smallest absolute Gasteiger partial charge is 0.341 e. The number of nitro groups is 2. The maximum atomic E-state index is 11.5. The van der Waals surface area contributed by atoms with E-state index in [2.05, 4.69) is 5.10 Å². The molecule has 0 aliphatic rings. The minimum atomic E-state index is -1.23. The molecule has 0 amide bonds. The van der Waals surface area contributed by atoms with Crippen molar-refractivity contribution < 1.29 is 24.5 Å². The normalized spacial score (nSPS) is 10.5. The summed E-state index contributed by atoms with van der Waals surface area (Å²) in [6, 6.07) is 11.0. The number of aromatic nitrogens is 2. The highest BCUT2D eigenvalue weighted by Crippen LogP contribution is 2.33. The van der Waals surface area contributed by atoms with Crippen molar-refractivity contribution in [3.63, 3.8) is 0 Å². The van der Waals surface area contributed by atoms with Crippen molar-refractivity contribution in [2.45, 2.75) is 0 Å². The van der Waals surface area contributed by atoms with Gasteiger partial charge in [-0.05, 0) is 18.2 Å². The number of carboxylic acid groups (broad SMARTS) is 1. The van der Waals surface area contributed by atoms with Gasteiger partial charge in [0, 0.05) is 22.7 Å². The van der Waals surface area contributed by atoms with E-state index in [0.29, 0.717) is 16.3 Å². The Labute approximate surface area is 167 Å². The van der Waals surface area contributed by atoms with Crippen LogP contribution in [-0.2, 0) is 4.79 Å². The second kappa shape index (κ2) is 7.94. The summed E-state index contributed by atoms with van der Waals surface area (Å²) in [7, 11) is 0. The summed E-state index contributed by atoms with van der Waals surface area (Å²) in [5, 5.41) is 35.8. The molecule has 1 N–H and O–H groups in total. The molecule has 0 saturated heterocycles. The molecule has 0 bridgehead atoms. The molecule has 3 rings (SSSR count). The van der Waals surface area contributed by atoms with E-state index in [4.69, 9.17) is 21.4 Å². The Morgan fingerprint density at radius 1 is 1.10 bits per heavy atom. The van der Waals surface area contributed by atoms with Crippen LogP contribution >= 0.6 is 11.6 Å². The number of benzene rings is 2. The molecule has 11 nitrogen and oxygen atoms in total. The minimum absolute atomic E-state index is 0.0595. The van der Waals surface area contributed by atoms with Gasteiger partial charge in [-0.25, -0.2) is 9.48 Å². The Hall–Kier alpha value is -3.99. The van der Waals surface area contributed by atoms with Crippen LogP contribution in [0.1, 0.15) is 0 Å². The van der Waals surface area contributed by atoms with E-state index in [1.54, 1.807) is 24.3 Å². The van der Waals surface area contributed by atoms with E-state index in [-0.39, 0.29) is 11.6 Å². The van der Waals surface area contributed by atoms with E-state index in [0.717, 1.165) is 16.8 Å². The van der Waals surface area contributed by atoms with Crippen molar-refractivity contribution in [2.24, 2.45) is 0 Å². The van der Waals surface area contributed by atoms with E-state index < -0.39 is 33.8 Å².